The molecule has 0 amide bonds. The van der Waals surface area contributed by atoms with Crippen LogP contribution >= 0.6 is 0 Å². The maximum absolute atomic E-state index is 9.84. The fourth-order valence-electron chi connectivity index (χ4n) is 1.97. The Morgan fingerprint density at radius 2 is 1.84 bits per heavy atom. The number of para-hydroxylation sites is 2. The van der Waals surface area contributed by atoms with Crippen molar-refractivity contribution in [2.45, 2.75) is 13.0 Å². The molecule has 19 heavy (non-hydrogen) atoms. The van der Waals surface area contributed by atoms with Crippen LogP contribution in [0.3, 0.4) is 0 Å². The first kappa shape index (κ1) is 13.1. The molecule has 0 spiro atoms. The SMILES string of the molecule is COc1ccccc1NC(C)c1ccc(O)cc1O. The molecule has 0 saturated heterocycles. The third kappa shape index (κ3) is 2.91. The molecule has 0 aromatic heterocycles. The highest BCUT2D eigenvalue weighted by Gasteiger charge is 2.12. The molecule has 2 rings (SSSR count). The second-order valence-corrected chi connectivity index (χ2v) is 4.31. The number of nitrogens with one attached hydrogen (secondary N) is 1. The summed E-state index contributed by atoms with van der Waals surface area (Å²) in [5.41, 5.74) is 1.56. The minimum Gasteiger partial charge on any atom is -0.508 e. The van der Waals surface area contributed by atoms with Gasteiger partial charge in [-0.2, -0.15) is 0 Å². The lowest BCUT2D eigenvalue weighted by molar-refractivity contribution is 0.415. The van der Waals surface area contributed by atoms with E-state index >= 15 is 0 Å². The topological polar surface area (TPSA) is 61.7 Å². The smallest absolute Gasteiger partial charge is 0.141 e. The molecule has 4 heteroatoms. The number of hydrogen-bond donors (Lipinski definition) is 3. The second kappa shape index (κ2) is 5.52. The Morgan fingerprint density at radius 3 is 2.53 bits per heavy atom. The summed E-state index contributed by atoms with van der Waals surface area (Å²) in [5.74, 6) is 0.855. The van der Waals surface area contributed by atoms with E-state index in [-0.39, 0.29) is 17.5 Å². The fourth-order valence-corrected chi connectivity index (χ4v) is 1.97. The average molecular weight is 259 g/mol. The number of methoxy groups -OCH3 is 1. The first-order valence-corrected chi connectivity index (χ1v) is 6.03. The first-order valence-electron chi connectivity index (χ1n) is 6.03. The van der Waals surface area contributed by atoms with E-state index in [1.807, 2.05) is 31.2 Å². The Balaban J connectivity index is 2.23. The van der Waals surface area contributed by atoms with Gasteiger partial charge in [-0.3, -0.25) is 0 Å². The summed E-state index contributed by atoms with van der Waals surface area (Å²) >= 11 is 0. The predicted octanol–water partition coefficient (Wildman–Crippen LogP) is 3.28. The van der Waals surface area contributed by atoms with Crippen molar-refractivity contribution >= 4 is 5.69 Å². The van der Waals surface area contributed by atoms with Gasteiger partial charge in [0.05, 0.1) is 18.8 Å². The highest BCUT2D eigenvalue weighted by molar-refractivity contribution is 5.58. The van der Waals surface area contributed by atoms with E-state index < -0.39 is 0 Å². The number of hydrogen-bond acceptors (Lipinski definition) is 4. The van der Waals surface area contributed by atoms with Gasteiger partial charge in [0, 0.05) is 11.6 Å². The number of rotatable bonds is 4. The van der Waals surface area contributed by atoms with Gasteiger partial charge in [-0.1, -0.05) is 12.1 Å². The van der Waals surface area contributed by atoms with Gasteiger partial charge in [-0.25, -0.2) is 0 Å². The molecule has 4 nitrogen and oxygen atoms in total. The van der Waals surface area contributed by atoms with Crippen molar-refractivity contribution in [3.63, 3.8) is 0 Å². The molecule has 0 saturated carbocycles. The van der Waals surface area contributed by atoms with E-state index in [4.69, 9.17) is 4.74 Å². The number of phenols is 2. The van der Waals surface area contributed by atoms with Crippen LogP contribution in [0.25, 0.3) is 0 Å². The van der Waals surface area contributed by atoms with Crippen LogP contribution in [0.15, 0.2) is 42.5 Å². The van der Waals surface area contributed by atoms with Crippen LogP contribution in [-0.4, -0.2) is 17.3 Å². The normalized spacial score (nSPS) is 11.9. The Bertz CT molecular complexity index is 569. The van der Waals surface area contributed by atoms with Crippen molar-refractivity contribution in [2.24, 2.45) is 0 Å². The van der Waals surface area contributed by atoms with Gasteiger partial charge in [-0.05, 0) is 31.2 Å². The highest BCUT2D eigenvalue weighted by atomic mass is 16.5. The van der Waals surface area contributed by atoms with Gasteiger partial charge >= 0.3 is 0 Å². The van der Waals surface area contributed by atoms with Gasteiger partial charge < -0.3 is 20.3 Å². The lowest BCUT2D eigenvalue weighted by Gasteiger charge is -2.18. The Hall–Kier alpha value is -2.36. The molecule has 0 aliphatic carbocycles. The van der Waals surface area contributed by atoms with Gasteiger partial charge in [0.2, 0.25) is 0 Å². The van der Waals surface area contributed by atoms with E-state index in [2.05, 4.69) is 5.32 Å². The number of anilines is 1. The predicted molar refractivity (Wildman–Crippen MR) is 74.8 cm³/mol. The number of aromatic hydroxyl groups is 2. The standard InChI is InChI=1S/C15H17NO3/c1-10(12-8-7-11(17)9-14(12)18)16-13-5-3-4-6-15(13)19-2/h3-10,16-18H,1-2H3. The number of ether oxygens (including phenoxy) is 1. The van der Waals surface area contributed by atoms with Crippen LogP contribution in [0.5, 0.6) is 17.2 Å². The van der Waals surface area contributed by atoms with Crippen molar-refractivity contribution in [2.75, 3.05) is 12.4 Å². The van der Waals surface area contributed by atoms with Gasteiger partial charge in [-0.15, -0.1) is 0 Å². The van der Waals surface area contributed by atoms with Gasteiger partial charge in [0.25, 0.3) is 0 Å². The monoisotopic (exact) mass is 259 g/mol. The van der Waals surface area contributed by atoms with Crippen LogP contribution in [0, 0.1) is 0 Å². The Labute approximate surface area is 112 Å². The molecule has 1 atom stereocenters. The molecule has 0 heterocycles. The highest BCUT2D eigenvalue weighted by Crippen LogP contribution is 2.32. The molecule has 0 aliphatic heterocycles. The molecule has 0 fully saturated rings. The zero-order chi connectivity index (χ0) is 13.8. The molecule has 3 N–H and O–H groups in total. The summed E-state index contributed by atoms with van der Waals surface area (Å²) < 4.78 is 5.27. The van der Waals surface area contributed by atoms with Crippen LogP contribution < -0.4 is 10.1 Å². The molecule has 2 aromatic rings. The number of phenolic OH excluding ortho intramolecular Hbond substituents is 2. The van der Waals surface area contributed by atoms with Crippen molar-refractivity contribution in [1.29, 1.82) is 0 Å². The second-order valence-electron chi connectivity index (χ2n) is 4.31. The Morgan fingerprint density at radius 1 is 1.11 bits per heavy atom. The maximum atomic E-state index is 9.84. The summed E-state index contributed by atoms with van der Waals surface area (Å²) in [6.45, 7) is 1.93. The minimum atomic E-state index is -0.114. The Kier molecular flexibility index (Phi) is 3.80. The van der Waals surface area contributed by atoms with Crippen LogP contribution in [0.2, 0.25) is 0 Å². The lowest BCUT2D eigenvalue weighted by atomic mass is 10.1. The zero-order valence-corrected chi connectivity index (χ0v) is 10.9. The molecule has 1 unspecified atom stereocenters. The van der Waals surface area contributed by atoms with Crippen molar-refractivity contribution < 1.29 is 14.9 Å². The van der Waals surface area contributed by atoms with Crippen LogP contribution in [-0.2, 0) is 0 Å². The first-order chi connectivity index (χ1) is 9.11. The summed E-state index contributed by atoms with van der Waals surface area (Å²) in [7, 11) is 1.61. The van der Waals surface area contributed by atoms with Gasteiger partial charge in [0.15, 0.2) is 0 Å². The molecular formula is C15H17NO3. The minimum absolute atomic E-state index is 0.0470. The molecular weight excluding hydrogens is 242 g/mol. The van der Waals surface area contributed by atoms with Gasteiger partial charge in [0.1, 0.15) is 17.2 Å². The molecule has 100 valence electrons. The molecule has 0 aliphatic rings. The number of benzene rings is 2. The summed E-state index contributed by atoms with van der Waals surface area (Å²) in [5, 5.41) is 22.4. The van der Waals surface area contributed by atoms with Crippen LogP contribution in [0.4, 0.5) is 5.69 Å². The van der Waals surface area contributed by atoms with E-state index in [0.717, 1.165) is 11.4 Å². The van der Waals surface area contributed by atoms with Crippen molar-refractivity contribution in [1.82, 2.24) is 0 Å². The molecule has 0 radical (unpaired) electrons. The van der Waals surface area contributed by atoms with E-state index in [9.17, 15) is 10.2 Å². The van der Waals surface area contributed by atoms with Crippen molar-refractivity contribution in [3.8, 4) is 17.2 Å². The third-order valence-corrected chi connectivity index (χ3v) is 2.96. The maximum Gasteiger partial charge on any atom is 0.141 e. The summed E-state index contributed by atoms with van der Waals surface area (Å²) in [4.78, 5) is 0. The molecule has 0 bridgehead atoms. The van der Waals surface area contributed by atoms with E-state index in [1.165, 1.54) is 6.07 Å². The largest absolute Gasteiger partial charge is 0.508 e. The average Bonchev–Trinajstić information content (AvgIpc) is 2.39. The van der Waals surface area contributed by atoms with Crippen molar-refractivity contribution in [3.05, 3.63) is 48.0 Å². The quantitative estimate of drug-likeness (QED) is 0.788. The molecule has 2 aromatic carbocycles. The van der Waals surface area contributed by atoms with E-state index in [0.29, 0.717) is 5.56 Å². The van der Waals surface area contributed by atoms with E-state index in [1.54, 1.807) is 19.2 Å². The summed E-state index contributed by atoms with van der Waals surface area (Å²) in [6.07, 6.45) is 0. The lowest BCUT2D eigenvalue weighted by Crippen LogP contribution is -2.07. The van der Waals surface area contributed by atoms with Crippen LogP contribution in [0.1, 0.15) is 18.5 Å². The summed E-state index contributed by atoms with van der Waals surface area (Å²) in [6, 6.07) is 12.0. The fraction of sp³-hybridized carbons (Fsp3) is 0.200. The zero-order valence-electron chi connectivity index (χ0n) is 10.9. The third-order valence-electron chi connectivity index (χ3n) is 2.96.